The van der Waals surface area contributed by atoms with Gasteiger partial charge >= 0.3 is 0 Å². The van der Waals surface area contributed by atoms with Crippen molar-refractivity contribution in [3.63, 3.8) is 0 Å². The third kappa shape index (κ3) is 6.88. The van der Waals surface area contributed by atoms with Gasteiger partial charge in [-0.25, -0.2) is 0 Å². The molecule has 3 nitrogen and oxygen atoms in total. The van der Waals surface area contributed by atoms with Crippen molar-refractivity contribution in [3.8, 4) is 0 Å². The summed E-state index contributed by atoms with van der Waals surface area (Å²) in [7, 11) is 0. The standard InChI is InChI=1S/C20H35NO2/c1-5-6-7-8-9-10-11-12-13-14-15-23-16-18-19(22)20(3,4)17(2)21-18/h16H,5-15H2,1-4H3. The third-order valence-corrected chi connectivity index (χ3v) is 4.80. The lowest BCUT2D eigenvalue weighted by atomic mass is 9.85. The Morgan fingerprint density at radius 3 is 1.96 bits per heavy atom. The minimum atomic E-state index is -0.466. The first-order chi connectivity index (χ1) is 11.0. The fourth-order valence-electron chi connectivity index (χ4n) is 2.75. The number of ether oxygens (including phenoxy) is 1. The Morgan fingerprint density at radius 2 is 1.48 bits per heavy atom. The second-order valence-corrected chi connectivity index (χ2v) is 7.21. The number of aliphatic imine (C=N–C) groups is 1. The molecule has 0 atom stereocenters. The van der Waals surface area contributed by atoms with Crippen LogP contribution >= 0.6 is 0 Å². The molecule has 0 bridgehead atoms. The topological polar surface area (TPSA) is 38.7 Å². The largest absolute Gasteiger partial charge is 0.499 e. The number of carbonyl (C=O) groups is 1. The molecule has 1 aliphatic rings. The fourth-order valence-corrected chi connectivity index (χ4v) is 2.75. The normalized spacial score (nSPS) is 18.5. The predicted octanol–water partition coefficient (Wildman–Crippen LogP) is 5.84. The zero-order valence-corrected chi connectivity index (χ0v) is 15.6. The van der Waals surface area contributed by atoms with Gasteiger partial charge in [-0.1, -0.05) is 64.7 Å². The highest BCUT2D eigenvalue weighted by Gasteiger charge is 2.38. The van der Waals surface area contributed by atoms with Gasteiger partial charge in [0.1, 0.15) is 12.0 Å². The smallest absolute Gasteiger partial charge is 0.195 e. The number of hydrogen-bond donors (Lipinski definition) is 0. The van der Waals surface area contributed by atoms with Gasteiger partial charge in [-0.3, -0.25) is 9.79 Å². The maximum Gasteiger partial charge on any atom is 0.195 e. The van der Waals surface area contributed by atoms with Gasteiger partial charge in [0, 0.05) is 5.71 Å². The third-order valence-electron chi connectivity index (χ3n) is 4.80. The molecular formula is C20H35NO2. The second-order valence-electron chi connectivity index (χ2n) is 7.21. The maximum atomic E-state index is 12.1. The van der Waals surface area contributed by atoms with Crippen LogP contribution in [0.1, 0.15) is 91.9 Å². The van der Waals surface area contributed by atoms with Crippen molar-refractivity contribution in [2.45, 2.75) is 91.9 Å². The van der Waals surface area contributed by atoms with E-state index in [1.807, 2.05) is 20.8 Å². The number of rotatable bonds is 12. The number of Topliss-reactive ketones (excluding diaryl/α,β-unsaturated/α-hetero) is 1. The van der Waals surface area contributed by atoms with Crippen LogP contribution in [0.5, 0.6) is 0 Å². The quantitative estimate of drug-likeness (QED) is 0.257. The lowest BCUT2D eigenvalue weighted by molar-refractivity contribution is -0.119. The van der Waals surface area contributed by atoms with E-state index in [2.05, 4.69) is 11.9 Å². The molecule has 1 rings (SSSR count). The summed E-state index contributed by atoms with van der Waals surface area (Å²) in [5.41, 5.74) is 0.877. The summed E-state index contributed by atoms with van der Waals surface area (Å²) in [5.74, 6) is 0.0677. The molecule has 132 valence electrons. The lowest BCUT2D eigenvalue weighted by Crippen LogP contribution is -2.26. The molecule has 0 aromatic rings. The van der Waals surface area contributed by atoms with E-state index >= 15 is 0 Å². The van der Waals surface area contributed by atoms with Gasteiger partial charge in [0.15, 0.2) is 5.78 Å². The molecule has 0 radical (unpaired) electrons. The Morgan fingerprint density at radius 1 is 0.957 bits per heavy atom. The molecule has 0 aromatic heterocycles. The second kappa shape index (κ2) is 10.6. The summed E-state index contributed by atoms with van der Waals surface area (Å²) in [6.07, 6.45) is 14.7. The summed E-state index contributed by atoms with van der Waals surface area (Å²) in [6.45, 7) is 8.67. The van der Waals surface area contributed by atoms with Crippen molar-refractivity contribution >= 4 is 11.5 Å². The van der Waals surface area contributed by atoms with Crippen LogP contribution < -0.4 is 0 Å². The zero-order valence-electron chi connectivity index (χ0n) is 15.6. The molecule has 0 spiro atoms. The van der Waals surface area contributed by atoms with Gasteiger partial charge in [0.2, 0.25) is 0 Å². The van der Waals surface area contributed by atoms with E-state index in [0.29, 0.717) is 12.3 Å². The van der Waals surface area contributed by atoms with Gasteiger partial charge in [0.05, 0.1) is 12.0 Å². The Kier molecular flexibility index (Phi) is 9.20. The average Bonchev–Trinajstić information content (AvgIpc) is 2.71. The predicted molar refractivity (Wildman–Crippen MR) is 97.8 cm³/mol. The van der Waals surface area contributed by atoms with Gasteiger partial charge in [-0.05, 0) is 27.2 Å². The molecule has 3 heteroatoms. The van der Waals surface area contributed by atoms with Crippen LogP contribution in [-0.2, 0) is 9.53 Å². The number of ketones is 1. The van der Waals surface area contributed by atoms with E-state index in [4.69, 9.17) is 4.74 Å². The van der Waals surface area contributed by atoms with E-state index in [0.717, 1.165) is 12.1 Å². The molecule has 0 saturated carbocycles. The van der Waals surface area contributed by atoms with Gasteiger partial charge in [-0.15, -0.1) is 0 Å². The van der Waals surface area contributed by atoms with Crippen molar-refractivity contribution in [2.24, 2.45) is 10.4 Å². The summed E-state index contributed by atoms with van der Waals surface area (Å²) >= 11 is 0. The van der Waals surface area contributed by atoms with Crippen LogP contribution in [0.4, 0.5) is 0 Å². The van der Waals surface area contributed by atoms with Crippen LogP contribution in [0.25, 0.3) is 0 Å². The molecule has 0 aromatic carbocycles. The van der Waals surface area contributed by atoms with Gasteiger partial charge in [0.25, 0.3) is 0 Å². The van der Waals surface area contributed by atoms with E-state index in [1.54, 1.807) is 6.26 Å². The molecule has 0 saturated heterocycles. The Hall–Kier alpha value is -1.12. The number of carbonyl (C=O) groups excluding carboxylic acids is 1. The monoisotopic (exact) mass is 321 g/mol. The molecule has 0 aliphatic carbocycles. The highest BCUT2D eigenvalue weighted by atomic mass is 16.5. The first-order valence-corrected chi connectivity index (χ1v) is 9.42. The molecular weight excluding hydrogens is 286 g/mol. The summed E-state index contributed by atoms with van der Waals surface area (Å²) in [4.78, 5) is 16.4. The fraction of sp³-hybridized carbons (Fsp3) is 0.800. The van der Waals surface area contributed by atoms with Gasteiger partial charge in [-0.2, -0.15) is 0 Å². The van der Waals surface area contributed by atoms with Crippen LogP contribution in [0, 0.1) is 5.41 Å². The molecule has 23 heavy (non-hydrogen) atoms. The highest BCUT2D eigenvalue weighted by molar-refractivity contribution is 6.20. The zero-order chi connectivity index (χ0) is 17.1. The average molecular weight is 322 g/mol. The van der Waals surface area contributed by atoms with Crippen molar-refractivity contribution in [2.75, 3.05) is 6.61 Å². The SMILES string of the molecule is CCCCCCCCCCCCOC=C1N=C(C)C(C)(C)C1=O. The molecule has 1 aliphatic heterocycles. The summed E-state index contributed by atoms with van der Waals surface area (Å²) < 4.78 is 5.51. The van der Waals surface area contributed by atoms with E-state index in [9.17, 15) is 4.79 Å². The van der Waals surface area contributed by atoms with Crippen molar-refractivity contribution in [1.29, 1.82) is 0 Å². The molecule has 0 fully saturated rings. The summed E-state index contributed by atoms with van der Waals surface area (Å²) in [6, 6.07) is 0. The Bertz CT molecular complexity index is 421. The van der Waals surface area contributed by atoms with Crippen molar-refractivity contribution in [1.82, 2.24) is 0 Å². The molecule has 1 heterocycles. The van der Waals surface area contributed by atoms with Crippen molar-refractivity contribution < 1.29 is 9.53 Å². The molecule has 0 unspecified atom stereocenters. The number of nitrogens with zero attached hydrogens (tertiary/aromatic N) is 1. The van der Waals surface area contributed by atoms with Crippen LogP contribution in [0.2, 0.25) is 0 Å². The highest BCUT2D eigenvalue weighted by Crippen LogP contribution is 2.30. The number of unbranched alkanes of at least 4 members (excludes halogenated alkanes) is 9. The molecule has 0 amide bonds. The Balaban J connectivity index is 2.00. The van der Waals surface area contributed by atoms with Crippen LogP contribution in [-0.4, -0.2) is 18.1 Å². The number of hydrogen-bond acceptors (Lipinski definition) is 3. The van der Waals surface area contributed by atoms with E-state index in [-0.39, 0.29) is 5.78 Å². The number of allylic oxidation sites excluding steroid dienone is 1. The van der Waals surface area contributed by atoms with E-state index in [1.165, 1.54) is 57.8 Å². The van der Waals surface area contributed by atoms with Crippen LogP contribution in [0.3, 0.4) is 0 Å². The molecule has 0 N–H and O–H groups in total. The van der Waals surface area contributed by atoms with Crippen molar-refractivity contribution in [3.05, 3.63) is 12.0 Å². The Labute approximate surface area is 142 Å². The van der Waals surface area contributed by atoms with Crippen LogP contribution in [0.15, 0.2) is 17.0 Å². The van der Waals surface area contributed by atoms with E-state index < -0.39 is 5.41 Å². The minimum Gasteiger partial charge on any atom is -0.499 e. The first kappa shape index (κ1) is 19.9. The van der Waals surface area contributed by atoms with Gasteiger partial charge < -0.3 is 4.74 Å². The lowest BCUT2D eigenvalue weighted by Gasteiger charge is -2.14. The summed E-state index contributed by atoms with van der Waals surface area (Å²) in [5, 5.41) is 0. The minimum absolute atomic E-state index is 0.0677. The maximum absolute atomic E-state index is 12.1. The first-order valence-electron chi connectivity index (χ1n) is 9.42.